The van der Waals surface area contributed by atoms with Gasteiger partial charge in [-0.05, 0) is 30.5 Å². The fourth-order valence-corrected chi connectivity index (χ4v) is 2.28. The molecule has 1 heterocycles. The first-order chi connectivity index (χ1) is 9.63. The van der Waals surface area contributed by atoms with E-state index in [4.69, 9.17) is 0 Å². The largest absolute Gasteiger partial charge is 0.335 e. The Balaban J connectivity index is 1.67. The van der Waals surface area contributed by atoms with Crippen LogP contribution in [0.5, 0.6) is 0 Å². The second-order valence-corrected chi connectivity index (χ2v) is 6.02. The maximum absolute atomic E-state index is 12.2. The summed E-state index contributed by atoms with van der Waals surface area (Å²) < 4.78 is 1.03. The number of nitrogens with one attached hydrogen (secondary N) is 1. The third kappa shape index (κ3) is 2.90. The molecule has 20 heavy (non-hydrogen) atoms. The number of carbonyl (C=O) groups is 1. The third-order valence-corrected chi connectivity index (χ3v) is 3.87. The maximum atomic E-state index is 12.2. The van der Waals surface area contributed by atoms with E-state index in [0.29, 0.717) is 12.5 Å². The zero-order chi connectivity index (χ0) is 14.1. The smallest absolute Gasteiger partial charge is 0.293 e. The molecular weight excluding hydrogens is 320 g/mol. The van der Waals surface area contributed by atoms with Crippen LogP contribution in [0.1, 0.15) is 40.8 Å². The lowest BCUT2D eigenvalue weighted by molar-refractivity contribution is 0.0773. The standard InChI is InChI=1S/C14H15BrN4O/c1-19(8-9-2-6-11(15)7-3-9)14(20)13-16-12(17-18-13)10-4-5-10/h2-3,6-7,10H,4-5,8H2,1H3,(H,16,17,18). The summed E-state index contributed by atoms with van der Waals surface area (Å²) >= 11 is 3.39. The molecule has 1 aliphatic rings. The van der Waals surface area contributed by atoms with Gasteiger partial charge in [0.1, 0.15) is 5.82 Å². The Bertz CT molecular complexity index is 618. The molecule has 0 unspecified atom stereocenters. The van der Waals surface area contributed by atoms with Gasteiger partial charge in [0.15, 0.2) is 0 Å². The van der Waals surface area contributed by atoms with E-state index in [9.17, 15) is 4.79 Å². The number of aromatic amines is 1. The highest BCUT2D eigenvalue weighted by Crippen LogP contribution is 2.37. The molecule has 1 saturated carbocycles. The van der Waals surface area contributed by atoms with Crippen molar-refractivity contribution >= 4 is 21.8 Å². The predicted octanol–water partition coefficient (Wildman–Crippen LogP) is 2.72. The maximum Gasteiger partial charge on any atom is 0.293 e. The average molecular weight is 335 g/mol. The van der Waals surface area contributed by atoms with Crippen LogP contribution in [0.25, 0.3) is 0 Å². The van der Waals surface area contributed by atoms with Crippen molar-refractivity contribution in [3.8, 4) is 0 Å². The molecule has 1 aliphatic carbocycles. The number of aromatic nitrogens is 3. The minimum Gasteiger partial charge on any atom is -0.335 e. The Morgan fingerprint density at radius 3 is 2.75 bits per heavy atom. The topological polar surface area (TPSA) is 61.9 Å². The summed E-state index contributed by atoms with van der Waals surface area (Å²) in [6.07, 6.45) is 2.27. The lowest BCUT2D eigenvalue weighted by Gasteiger charge is -2.15. The highest BCUT2D eigenvalue weighted by Gasteiger charge is 2.28. The van der Waals surface area contributed by atoms with Crippen LogP contribution in [0.4, 0.5) is 0 Å². The van der Waals surface area contributed by atoms with Crippen LogP contribution in [0.2, 0.25) is 0 Å². The van der Waals surface area contributed by atoms with Crippen LogP contribution in [-0.4, -0.2) is 33.0 Å². The highest BCUT2D eigenvalue weighted by molar-refractivity contribution is 9.10. The second kappa shape index (κ2) is 5.36. The van der Waals surface area contributed by atoms with Crippen molar-refractivity contribution in [2.24, 2.45) is 0 Å². The molecule has 0 saturated heterocycles. The molecule has 1 fully saturated rings. The molecule has 104 valence electrons. The van der Waals surface area contributed by atoms with Gasteiger partial charge in [0, 0.05) is 24.0 Å². The van der Waals surface area contributed by atoms with Crippen molar-refractivity contribution < 1.29 is 4.79 Å². The summed E-state index contributed by atoms with van der Waals surface area (Å²) in [6.45, 7) is 0.541. The minimum absolute atomic E-state index is 0.156. The number of nitrogens with zero attached hydrogens (tertiary/aromatic N) is 3. The van der Waals surface area contributed by atoms with E-state index in [2.05, 4.69) is 31.1 Å². The van der Waals surface area contributed by atoms with E-state index in [-0.39, 0.29) is 11.7 Å². The fraction of sp³-hybridized carbons (Fsp3) is 0.357. The van der Waals surface area contributed by atoms with Crippen LogP contribution in [0, 0.1) is 0 Å². The van der Waals surface area contributed by atoms with Crippen LogP contribution < -0.4 is 0 Å². The monoisotopic (exact) mass is 334 g/mol. The SMILES string of the molecule is CN(Cc1ccc(Br)cc1)C(=O)c1n[nH]c(C2CC2)n1. The molecule has 1 aromatic heterocycles. The molecule has 0 atom stereocenters. The molecular formula is C14H15BrN4O. The zero-order valence-electron chi connectivity index (χ0n) is 11.1. The van der Waals surface area contributed by atoms with Crippen LogP contribution in [0.3, 0.4) is 0 Å². The van der Waals surface area contributed by atoms with Gasteiger partial charge in [-0.15, -0.1) is 5.10 Å². The van der Waals surface area contributed by atoms with Crippen molar-refractivity contribution in [3.63, 3.8) is 0 Å². The Morgan fingerprint density at radius 1 is 1.40 bits per heavy atom. The third-order valence-electron chi connectivity index (χ3n) is 3.34. The summed E-state index contributed by atoms with van der Waals surface area (Å²) in [5.74, 6) is 1.41. The zero-order valence-corrected chi connectivity index (χ0v) is 12.7. The number of hydrogen-bond acceptors (Lipinski definition) is 3. The quantitative estimate of drug-likeness (QED) is 0.934. The molecule has 1 amide bonds. The molecule has 3 rings (SSSR count). The number of rotatable bonds is 4. The van der Waals surface area contributed by atoms with Gasteiger partial charge in [-0.1, -0.05) is 28.1 Å². The van der Waals surface area contributed by atoms with Gasteiger partial charge >= 0.3 is 0 Å². The van der Waals surface area contributed by atoms with Crippen LogP contribution in [0.15, 0.2) is 28.7 Å². The molecule has 5 nitrogen and oxygen atoms in total. The van der Waals surface area contributed by atoms with Gasteiger partial charge < -0.3 is 4.90 Å². The number of amides is 1. The summed E-state index contributed by atoms with van der Waals surface area (Å²) in [5.41, 5.74) is 1.07. The Labute approximate surface area is 125 Å². The van der Waals surface area contributed by atoms with Crippen molar-refractivity contribution in [1.82, 2.24) is 20.1 Å². The fourth-order valence-electron chi connectivity index (χ4n) is 2.02. The van der Waals surface area contributed by atoms with Crippen molar-refractivity contribution in [2.45, 2.75) is 25.3 Å². The molecule has 1 N–H and O–H groups in total. The molecule has 0 aliphatic heterocycles. The molecule has 2 aromatic rings. The van der Waals surface area contributed by atoms with E-state index in [0.717, 1.165) is 28.7 Å². The number of benzene rings is 1. The van der Waals surface area contributed by atoms with Gasteiger partial charge in [-0.2, -0.15) is 0 Å². The Kier molecular flexibility index (Phi) is 3.56. The van der Waals surface area contributed by atoms with Gasteiger partial charge in [0.05, 0.1) is 0 Å². The van der Waals surface area contributed by atoms with Crippen molar-refractivity contribution in [3.05, 3.63) is 46.0 Å². The average Bonchev–Trinajstić information content (AvgIpc) is 3.18. The number of H-pyrrole nitrogens is 1. The first-order valence-electron chi connectivity index (χ1n) is 6.55. The summed E-state index contributed by atoms with van der Waals surface area (Å²) in [7, 11) is 1.76. The van der Waals surface area contributed by atoms with Crippen LogP contribution in [-0.2, 0) is 6.54 Å². The molecule has 1 aromatic carbocycles. The van der Waals surface area contributed by atoms with E-state index in [1.807, 2.05) is 24.3 Å². The number of carbonyl (C=O) groups excluding carboxylic acids is 1. The Hall–Kier alpha value is -1.69. The summed E-state index contributed by atoms with van der Waals surface area (Å²) in [4.78, 5) is 18.2. The molecule has 0 radical (unpaired) electrons. The van der Waals surface area contributed by atoms with E-state index in [1.165, 1.54) is 0 Å². The van der Waals surface area contributed by atoms with Crippen molar-refractivity contribution in [1.29, 1.82) is 0 Å². The highest BCUT2D eigenvalue weighted by atomic mass is 79.9. The van der Waals surface area contributed by atoms with E-state index in [1.54, 1.807) is 11.9 Å². The van der Waals surface area contributed by atoms with Crippen LogP contribution >= 0.6 is 15.9 Å². The van der Waals surface area contributed by atoms with E-state index < -0.39 is 0 Å². The molecule has 6 heteroatoms. The first kappa shape index (κ1) is 13.3. The number of hydrogen-bond donors (Lipinski definition) is 1. The Morgan fingerprint density at radius 2 is 2.10 bits per heavy atom. The van der Waals surface area contributed by atoms with Crippen molar-refractivity contribution in [2.75, 3.05) is 7.05 Å². The molecule has 0 bridgehead atoms. The number of halogens is 1. The minimum atomic E-state index is -0.156. The lowest BCUT2D eigenvalue weighted by atomic mass is 10.2. The second-order valence-electron chi connectivity index (χ2n) is 5.11. The van der Waals surface area contributed by atoms with Gasteiger partial charge in [-0.3, -0.25) is 9.89 Å². The molecule has 0 spiro atoms. The predicted molar refractivity (Wildman–Crippen MR) is 78.3 cm³/mol. The van der Waals surface area contributed by atoms with Gasteiger partial charge in [0.25, 0.3) is 5.91 Å². The van der Waals surface area contributed by atoms with Gasteiger partial charge in [0.2, 0.25) is 5.82 Å². The lowest BCUT2D eigenvalue weighted by Crippen LogP contribution is -2.27. The van der Waals surface area contributed by atoms with Gasteiger partial charge in [-0.25, -0.2) is 4.98 Å². The first-order valence-corrected chi connectivity index (χ1v) is 7.35. The normalized spacial score (nSPS) is 14.3. The summed E-state index contributed by atoms with van der Waals surface area (Å²) in [6, 6.07) is 7.90. The summed E-state index contributed by atoms with van der Waals surface area (Å²) in [5, 5.41) is 6.88. The van der Waals surface area contributed by atoms with E-state index >= 15 is 0 Å².